The van der Waals surface area contributed by atoms with Gasteiger partial charge in [-0.05, 0) is 47.2 Å². The van der Waals surface area contributed by atoms with Gasteiger partial charge in [-0.25, -0.2) is 9.97 Å². The number of rotatable bonds is 5. The van der Waals surface area contributed by atoms with Crippen molar-refractivity contribution in [2.45, 2.75) is 0 Å². The molecule has 0 aliphatic rings. The first-order chi connectivity index (χ1) is 28.3. The van der Waals surface area contributed by atoms with Crippen molar-refractivity contribution in [2.75, 3.05) is 0 Å². The fourth-order valence-electron chi connectivity index (χ4n) is 8.52. The monoisotopic (exact) mass is 746 g/mol. The van der Waals surface area contributed by atoms with Crippen LogP contribution in [0.4, 0.5) is 0 Å². The highest BCUT2D eigenvalue weighted by Gasteiger charge is 2.25. The summed E-state index contributed by atoms with van der Waals surface area (Å²) in [6, 6.07) is 63.7. The van der Waals surface area contributed by atoms with Gasteiger partial charge in [0.1, 0.15) is 5.01 Å². The summed E-state index contributed by atoms with van der Waals surface area (Å²) in [6.07, 6.45) is 0. The Bertz CT molecular complexity index is 3500. The van der Waals surface area contributed by atoms with Gasteiger partial charge in [-0.3, -0.25) is 4.57 Å². The topological polar surface area (TPSA) is 61.4 Å². The molecule has 8 aromatic carbocycles. The first-order valence-corrected chi connectivity index (χ1v) is 19.8. The van der Waals surface area contributed by atoms with Crippen LogP contribution in [0.2, 0.25) is 0 Å². The number of thiazole rings is 1. The van der Waals surface area contributed by atoms with Gasteiger partial charge in [-0.2, -0.15) is 9.97 Å². The van der Waals surface area contributed by atoms with Crippen molar-refractivity contribution in [3.63, 3.8) is 0 Å². The molecule has 0 bridgehead atoms. The van der Waals surface area contributed by atoms with Crippen LogP contribution in [0.3, 0.4) is 0 Å². The summed E-state index contributed by atoms with van der Waals surface area (Å²) in [5.41, 5.74) is 9.25. The molecule has 0 fully saturated rings. The Labute approximate surface area is 330 Å². The van der Waals surface area contributed by atoms with Crippen LogP contribution in [-0.4, -0.2) is 29.1 Å². The maximum Gasteiger partial charge on any atom is 0.238 e. The maximum absolute atomic E-state index is 5.40. The van der Waals surface area contributed by atoms with Crippen LogP contribution in [0.1, 0.15) is 0 Å². The van der Waals surface area contributed by atoms with Crippen LogP contribution in [-0.2, 0) is 0 Å². The zero-order chi connectivity index (χ0) is 37.5. The van der Waals surface area contributed by atoms with Crippen molar-refractivity contribution in [1.29, 1.82) is 0 Å². The Morgan fingerprint density at radius 1 is 0.386 bits per heavy atom. The molecule has 12 rings (SSSR count). The fourth-order valence-corrected chi connectivity index (χ4v) is 9.52. The Hall–Kier alpha value is -7.48. The van der Waals surface area contributed by atoms with Gasteiger partial charge in [0.15, 0.2) is 11.6 Å². The second-order valence-electron chi connectivity index (χ2n) is 14.2. The van der Waals surface area contributed by atoms with Crippen molar-refractivity contribution in [3.05, 3.63) is 182 Å². The lowest BCUT2D eigenvalue weighted by molar-refractivity contribution is 0.954. The second-order valence-corrected chi connectivity index (χ2v) is 15.3. The Kier molecular flexibility index (Phi) is 7.00. The van der Waals surface area contributed by atoms with E-state index in [0.29, 0.717) is 17.6 Å². The van der Waals surface area contributed by atoms with Crippen LogP contribution < -0.4 is 0 Å². The predicted octanol–water partition coefficient (Wildman–Crippen LogP) is 12.8. The van der Waals surface area contributed by atoms with E-state index in [1.807, 2.05) is 18.2 Å². The normalized spacial score (nSPS) is 11.9. The van der Waals surface area contributed by atoms with Crippen LogP contribution in [0.25, 0.3) is 110 Å². The number of hydrogen-bond donors (Lipinski definition) is 0. The highest BCUT2D eigenvalue weighted by atomic mass is 32.1. The van der Waals surface area contributed by atoms with Crippen molar-refractivity contribution in [3.8, 4) is 45.0 Å². The molecule has 0 spiro atoms. The highest BCUT2D eigenvalue weighted by molar-refractivity contribution is 7.21. The molecule has 57 heavy (non-hydrogen) atoms. The summed E-state index contributed by atoms with van der Waals surface area (Å²) >= 11 is 1.72. The molecule has 0 amide bonds. The zero-order valence-corrected chi connectivity index (χ0v) is 31.2. The molecule has 0 radical (unpaired) electrons. The Morgan fingerprint density at radius 2 is 0.982 bits per heavy atom. The molecular weight excluding hydrogens is 717 g/mol. The lowest BCUT2D eigenvalue weighted by Crippen LogP contribution is -2.07. The molecule has 4 heterocycles. The first-order valence-electron chi connectivity index (χ1n) is 19.0. The van der Waals surface area contributed by atoms with E-state index in [-0.39, 0.29) is 0 Å². The van der Waals surface area contributed by atoms with Crippen LogP contribution >= 0.6 is 11.3 Å². The van der Waals surface area contributed by atoms with Gasteiger partial charge in [0.25, 0.3) is 0 Å². The van der Waals surface area contributed by atoms with Gasteiger partial charge in [0.05, 0.1) is 38.0 Å². The molecule has 0 N–H and O–H groups in total. The molecule has 12 aromatic rings. The molecule has 6 nitrogen and oxygen atoms in total. The van der Waals surface area contributed by atoms with Gasteiger partial charge in [-0.1, -0.05) is 146 Å². The van der Waals surface area contributed by atoms with Crippen LogP contribution in [0.5, 0.6) is 0 Å². The van der Waals surface area contributed by atoms with Crippen molar-refractivity contribution < 1.29 is 0 Å². The fraction of sp³-hybridized carbons (Fsp3) is 0. The van der Waals surface area contributed by atoms with Crippen molar-refractivity contribution in [2.24, 2.45) is 0 Å². The quantitative estimate of drug-likeness (QED) is 0.176. The number of aromatic nitrogens is 6. The van der Waals surface area contributed by atoms with E-state index in [4.69, 9.17) is 19.9 Å². The van der Waals surface area contributed by atoms with Crippen molar-refractivity contribution >= 4 is 75.9 Å². The number of fused-ring (bicyclic) bond motifs is 9. The molecule has 0 aliphatic heterocycles. The van der Waals surface area contributed by atoms with Crippen LogP contribution in [0, 0.1) is 0 Å². The number of hydrogen-bond acceptors (Lipinski definition) is 5. The zero-order valence-electron chi connectivity index (χ0n) is 30.4. The lowest BCUT2D eigenvalue weighted by atomic mass is 10.0. The van der Waals surface area contributed by atoms with Gasteiger partial charge in [-0.15, -0.1) is 11.3 Å². The minimum atomic E-state index is 0.557. The smallest absolute Gasteiger partial charge is 0.238 e. The predicted molar refractivity (Wildman–Crippen MR) is 235 cm³/mol. The van der Waals surface area contributed by atoms with Crippen LogP contribution in [0.15, 0.2) is 182 Å². The van der Waals surface area contributed by atoms with E-state index in [0.717, 1.165) is 86.6 Å². The molecular formula is C50H30N6S. The van der Waals surface area contributed by atoms with Gasteiger partial charge in [0.2, 0.25) is 5.95 Å². The summed E-state index contributed by atoms with van der Waals surface area (Å²) < 4.78 is 5.85. The number of nitrogens with zero attached hydrogens (tertiary/aromatic N) is 6. The van der Waals surface area contributed by atoms with E-state index < -0.39 is 0 Å². The largest absolute Gasteiger partial charge is 0.306 e. The summed E-state index contributed by atoms with van der Waals surface area (Å²) in [5, 5.41) is 7.76. The standard InChI is InChI=1S/C50H30N6S/c1-2-16-32(17-3-1)47-52-48(38-23-14-18-31-15-4-5-19-33(31)38)54-50(53-47)56-42-26-11-7-21-35(42)37-30-29-36-34-20-6-10-25-41(34)55(45(36)46(37)56)43-27-12-8-22-39(43)49-51-40-24-9-13-28-44(40)57-49/h1-30H. The molecule has 4 aromatic heterocycles. The average Bonchev–Trinajstić information content (AvgIpc) is 3.97. The SMILES string of the molecule is c1ccc(-c2nc(-c3cccc4ccccc34)nc(-n3c4ccccc4c4ccc5c6ccccc6n(-c6ccccc6-c6nc7ccccc7s6)c5c43)n2)cc1. The molecule has 0 aliphatic carbocycles. The third kappa shape index (κ3) is 4.89. The average molecular weight is 747 g/mol. The lowest BCUT2D eigenvalue weighted by Gasteiger charge is -2.15. The molecule has 0 saturated heterocycles. The van der Waals surface area contributed by atoms with E-state index in [9.17, 15) is 0 Å². The van der Waals surface area contributed by atoms with Gasteiger partial charge < -0.3 is 4.57 Å². The minimum absolute atomic E-state index is 0.557. The minimum Gasteiger partial charge on any atom is -0.306 e. The third-order valence-corrected chi connectivity index (χ3v) is 12.1. The number of para-hydroxylation sites is 4. The number of benzene rings is 8. The Balaban J connectivity index is 1.23. The third-order valence-electron chi connectivity index (χ3n) is 11.0. The molecule has 266 valence electrons. The maximum atomic E-state index is 5.40. The van der Waals surface area contributed by atoms with E-state index in [2.05, 4.69) is 173 Å². The first kappa shape index (κ1) is 31.8. The summed E-state index contributed by atoms with van der Waals surface area (Å²) in [4.78, 5) is 21.0. The van der Waals surface area contributed by atoms with E-state index in [1.165, 1.54) is 5.39 Å². The van der Waals surface area contributed by atoms with E-state index in [1.54, 1.807) is 11.3 Å². The molecule has 0 unspecified atom stereocenters. The highest BCUT2D eigenvalue weighted by Crippen LogP contribution is 2.44. The van der Waals surface area contributed by atoms with Gasteiger partial charge >= 0.3 is 0 Å². The summed E-state index contributed by atoms with van der Waals surface area (Å²) in [6.45, 7) is 0. The van der Waals surface area contributed by atoms with Gasteiger partial charge in [0, 0.05) is 38.2 Å². The molecule has 0 atom stereocenters. The Morgan fingerprint density at radius 3 is 1.79 bits per heavy atom. The molecule has 7 heteroatoms. The van der Waals surface area contributed by atoms with E-state index >= 15 is 0 Å². The molecule has 0 saturated carbocycles. The van der Waals surface area contributed by atoms with Crippen molar-refractivity contribution in [1.82, 2.24) is 29.1 Å². The second kappa shape index (κ2) is 12.5. The summed E-state index contributed by atoms with van der Waals surface area (Å²) in [7, 11) is 0. The summed E-state index contributed by atoms with van der Waals surface area (Å²) in [5.74, 6) is 1.79.